The van der Waals surface area contributed by atoms with Gasteiger partial charge in [0, 0.05) is 41.4 Å². The number of ether oxygens (including phenoxy) is 1. The van der Waals surface area contributed by atoms with Crippen molar-refractivity contribution in [2.24, 2.45) is 5.41 Å². The van der Waals surface area contributed by atoms with Crippen molar-refractivity contribution in [2.75, 3.05) is 20.2 Å². The van der Waals surface area contributed by atoms with E-state index in [-0.39, 0.29) is 5.41 Å². The van der Waals surface area contributed by atoms with E-state index in [1.165, 1.54) is 0 Å². The van der Waals surface area contributed by atoms with Crippen molar-refractivity contribution in [1.29, 1.82) is 0 Å². The predicted octanol–water partition coefficient (Wildman–Crippen LogP) is 3.44. The van der Waals surface area contributed by atoms with Gasteiger partial charge in [0.25, 0.3) is 0 Å². The van der Waals surface area contributed by atoms with Crippen molar-refractivity contribution in [2.45, 2.75) is 40.5 Å². The van der Waals surface area contributed by atoms with Gasteiger partial charge < -0.3 is 10.1 Å². The Hall–Kier alpha value is -1.35. The fourth-order valence-electron chi connectivity index (χ4n) is 2.39. The van der Waals surface area contributed by atoms with Crippen molar-refractivity contribution in [3.8, 4) is 5.75 Å². The third kappa shape index (κ3) is 4.07. The number of hydrogen-bond donors (Lipinski definition) is 1. The Bertz CT molecular complexity index is 457. The van der Waals surface area contributed by atoms with Gasteiger partial charge >= 0.3 is 0 Å². The molecule has 3 heteroatoms. The maximum atomic E-state index is 5.48. The molecule has 0 saturated carbocycles. The van der Waals surface area contributed by atoms with Crippen LogP contribution in [0.4, 0.5) is 0 Å². The second kappa shape index (κ2) is 7.44. The van der Waals surface area contributed by atoms with Crippen molar-refractivity contribution in [3.05, 3.63) is 35.7 Å². The van der Waals surface area contributed by atoms with Crippen LogP contribution >= 0.6 is 0 Å². The molecule has 3 nitrogen and oxygen atoms in total. The fraction of sp³-hybridized carbons (Fsp3) is 0.588. The Morgan fingerprint density at radius 2 is 2.15 bits per heavy atom. The van der Waals surface area contributed by atoms with Crippen LogP contribution in [0.1, 0.15) is 37.1 Å². The van der Waals surface area contributed by atoms with Crippen LogP contribution in [-0.2, 0) is 6.42 Å². The molecular weight excluding hydrogens is 248 g/mol. The number of methoxy groups -OCH3 is 1. The van der Waals surface area contributed by atoms with E-state index in [0.717, 1.165) is 48.5 Å². The van der Waals surface area contributed by atoms with Gasteiger partial charge in [-0.25, -0.2) is 0 Å². The lowest BCUT2D eigenvalue weighted by Gasteiger charge is -2.27. The monoisotopic (exact) mass is 276 g/mol. The van der Waals surface area contributed by atoms with E-state index in [2.05, 4.69) is 37.7 Å². The summed E-state index contributed by atoms with van der Waals surface area (Å²) >= 11 is 0. The van der Waals surface area contributed by atoms with E-state index in [1.807, 2.05) is 19.2 Å². The topological polar surface area (TPSA) is 34.2 Å². The fourth-order valence-corrected chi connectivity index (χ4v) is 2.39. The predicted molar refractivity (Wildman–Crippen MR) is 85.4 cm³/mol. The van der Waals surface area contributed by atoms with Crippen molar-refractivity contribution < 1.29 is 4.74 Å². The van der Waals surface area contributed by atoms with Crippen molar-refractivity contribution >= 4 is 0 Å². The second-order valence-electron chi connectivity index (χ2n) is 5.76. The van der Waals surface area contributed by atoms with Gasteiger partial charge in [-0.3, -0.25) is 4.98 Å². The van der Waals surface area contributed by atoms with Gasteiger partial charge in [0.1, 0.15) is 5.75 Å². The molecule has 1 heterocycles. The summed E-state index contributed by atoms with van der Waals surface area (Å²) in [5.74, 6) is 0.947. The number of aryl methyl sites for hydroxylation is 1. The van der Waals surface area contributed by atoms with Gasteiger partial charge in [0.15, 0.2) is 0 Å². The molecule has 1 unspecified atom stereocenters. The number of nitrogens with zero attached hydrogens (tertiary/aromatic N) is 1. The summed E-state index contributed by atoms with van der Waals surface area (Å²) in [5, 5.41) is 3.48. The van der Waals surface area contributed by atoms with E-state index >= 15 is 0 Å². The normalized spacial score (nSPS) is 13.8. The zero-order valence-electron chi connectivity index (χ0n) is 13.5. The lowest BCUT2D eigenvalue weighted by atomic mass is 9.84. The SMILES string of the molecule is C=CC(C)(CNCCC)Cc1ncc(C)c(OC)c1C. The highest BCUT2D eigenvalue weighted by atomic mass is 16.5. The van der Waals surface area contributed by atoms with Crippen LogP contribution in [-0.4, -0.2) is 25.2 Å². The largest absolute Gasteiger partial charge is 0.496 e. The molecule has 0 aromatic carbocycles. The minimum atomic E-state index is 0.00714. The molecule has 1 N–H and O–H groups in total. The van der Waals surface area contributed by atoms with Crippen LogP contribution < -0.4 is 10.1 Å². The summed E-state index contributed by atoms with van der Waals surface area (Å²) in [6, 6.07) is 0. The molecule has 0 saturated heterocycles. The molecular formula is C17H28N2O. The van der Waals surface area contributed by atoms with Crippen molar-refractivity contribution in [3.63, 3.8) is 0 Å². The highest BCUT2D eigenvalue weighted by Gasteiger charge is 2.23. The average molecular weight is 276 g/mol. The minimum Gasteiger partial charge on any atom is -0.496 e. The van der Waals surface area contributed by atoms with Crippen LogP contribution in [0.15, 0.2) is 18.9 Å². The second-order valence-corrected chi connectivity index (χ2v) is 5.76. The molecule has 0 fully saturated rings. The smallest absolute Gasteiger partial charge is 0.128 e. The summed E-state index contributed by atoms with van der Waals surface area (Å²) in [4.78, 5) is 4.59. The highest BCUT2D eigenvalue weighted by molar-refractivity contribution is 5.41. The number of aromatic nitrogens is 1. The first-order valence-electron chi connectivity index (χ1n) is 7.30. The molecule has 1 atom stereocenters. The Balaban J connectivity index is 2.92. The maximum Gasteiger partial charge on any atom is 0.128 e. The van der Waals surface area contributed by atoms with Crippen LogP contribution in [0.5, 0.6) is 5.75 Å². The van der Waals surface area contributed by atoms with Gasteiger partial charge in [-0.1, -0.05) is 19.9 Å². The quantitative estimate of drug-likeness (QED) is 0.583. The number of nitrogens with one attached hydrogen (secondary N) is 1. The zero-order chi connectivity index (χ0) is 15.2. The first kappa shape index (κ1) is 16.7. The first-order chi connectivity index (χ1) is 9.47. The third-order valence-corrected chi connectivity index (χ3v) is 3.77. The van der Waals surface area contributed by atoms with E-state index in [1.54, 1.807) is 7.11 Å². The van der Waals surface area contributed by atoms with Crippen LogP contribution in [0.25, 0.3) is 0 Å². The van der Waals surface area contributed by atoms with Gasteiger partial charge in [-0.15, -0.1) is 6.58 Å². The Morgan fingerprint density at radius 3 is 2.70 bits per heavy atom. The van der Waals surface area contributed by atoms with Crippen LogP contribution in [0.2, 0.25) is 0 Å². The first-order valence-corrected chi connectivity index (χ1v) is 7.30. The standard InChI is InChI=1S/C17H28N2O/c1-7-9-18-12-17(5,8-2)10-15-14(4)16(20-6)13(3)11-19-15/h8,11,18H,2,7,9-10,12H2,1,3-6H3. The minimum absolute atomic E-state index is 0.00714. The summed E-state index contributed by atoms with van der Waals surface area (Å²) in [6.45, 7) is 14.5. The highest BCUT2D eigenvalue weighted by Crippen LogP contribution is 2.29. The molecule has 0 aliphatic heterocycles. The molecule has 0 amide bonds. The molecule has 1 aromatic heterocycles. The summed E-state index contributed by atoms with van der Waals surface area (Å²) in [6.07, 6.45) is 5.94. The molecule has 112 valence electrons. The maximum absolute atomic E-state index is 5.48. The Labute approximate surface area is 123 Å². The molecule has 0 aliphatic rings. The van der Waals surface area contributed by atoms with E-state index in [0.29, 0.717) is 0 Å². The Kier molecular flexibility index (Phi) is 6.21. The molecule has 1 aromatic rings. The third-order valence-electron chi connectivity index (χ3n) is 3.77. The summed E-state index contributed by atoms with van der Waals surface area (Å²) in [7, 11) is 1.72. The van der Waals surface area contributed by atoms with Gasteiger partial charge in [-0.2, -0.15) is 0 Å². The molecule has 0 aliphatic carbocycles. The molecule has 1 rings (SSSR count). The van der Waals surface area contributed by atoms with Gasteiger partial charge in [0.2, 0.25) is 0 Å². The summed E-state index contributed by atoms with van der Waals surface area (Å²) < 4.78 is 5.48. The van der Waals surface area contributed by atoms with E-state index in [4.69, 9.17) is 4.74 Å². The average Bonchev–Trinajstić information content (AvgIpc) is 2.43. The van der Waals surface area contributed by atoms with Crippen LogP contribution in [0.3, 0.4) is 0 Å². The van der Waals surface area contributed by atoms with Crippen molar-refractivity contribution in [1.82, 2.24) is 10.3 Å². The lowest BCUT2D eigenvalue weighted by Crippen LogP contribution is -2.33. The van der Waals surface area contributed by atoms with Gasteiger partial charge in [-0.05, 0) is 26.8 Å². The number of hydrogen-bond acceptors (Lipinski definition) is 3. The number of pyridine rings is 1. The molecule has 0 bridgehead atoms. The van der Waals surface area contributed by atoms with E-state index in [9.17, 15) is 0 Å². The lowest BCUT2D eigenvalue weighted by molar-refractivity contribution is 0.381. The Morgan fingerprint density at radius 1 is 1.45 bits per heavy atom. The number of rotatable bonds is 8. The van der Waals surface area contributed by atoms with E-state index < -0.39 is 0 Å². The zero-order valence-corrected chi connectivity index (χ0v) is 13.5. The molecule has 0 spiro atoms. The molecule has 20 heavy (non-hydrogen) atoms. The van der Waals surface area contributed by atoms with Gasteiger partial charge in [0.05, 0.1) is 7.11 Å². The van der Waals surface area contributed by atoms with Crippen LogP contribution in [0, 0.1) is 19.3 Å². The summed E-state index contributed by atoms with van der Waals surface area (Å²) in [5.41, 5.74) is 3.31. The molecule has 0 radical (unpaired) electrons.